The number of nitrogens with zero attached hydrogens (tertiary/aromatic N) is 6. The number of halogens is 1. The molecule has 14 heteroatoms. The lowest BCUT2D eigenvalue weighted by molar-refractivity contribution is 0.0684. The van der Waals surface area contributed by atoms with Crippen molar-refractivity contribution in [2.24, 2.45) is 7.05 Å². The van der Waals surface area contributed by atoms with Gasteiger partial charge in [-0.15, -0.1) is 0 Å². The van der Waals surface area contributed by atoms with Gasteiger partial charge in [0.2, 0.25) is 10.0 Å². The molecule has 6 rings (SSSR count). The number of carbonyl (C=O) groups is 1. The number of nitrogens with one attached hydrogen (secondary N) is 2. The smallest absolute Gasteiger partial charge is 0.317 e. The third kappa shape index (κ3) is 5.42. The predicted molar refractivity (Wildman–Crippen MR) is 153 cm³/mol. The minimum atomic E-state index is -3.30. The Morgan fingerprint density at radius 3 is 2.56 bits per heavy atom. The minimum absolute atomic E-state index is 0.0479. The van der Waals surface area contributed by atoms with Gasteiger partial charge in [0.15, 0.2) is 5.82 Å². The van der Waals surface area contributed by atoms with Crippen molar-refractivity contribution in [3.63, 3.8) is 0 Å². The molecular weight excluding hydrogens is 551 g/mol. The molecule has 216 valence electrons. The molecule has 0 saturated carbocycles. The predicted octanol–water partition coefficient (Wildman–Crippen LogP) is 2.12. The lowest BCUT2D eigenvalue weighted by Gasteiger charge is -2.38. The van der Waals surface area contributed by atoms with Crippen LogP contribution in [0, 0.1) is 5.82 Å². The molecule has 0 aliphatic carbocycles. The van der Waals surface area contributed by atoms with Crippen molar-refractivity contribution in [1.29, 1.82) is 0 Å². The Hall–Kier alpha value is -3.88. The van der Waals surface area contributed by atoms with Crippen molar-refractivity contribution in [3.05, 3.63) is 48.0 Å². The molecule has 41 heavy (non-hydrogen) atoms. The summed E-state index contributed by atoms with van der Waals surface area (Å²) in [5.74, 6) is -1.01. The average Bonchev–Trinajstić information content (AvgIpc) is 3.24. The molecule has 2 aliphatic rings. The van der Waals surface area contributed by atoms with E-state index >= 15 is 0 Å². The first-order chi connectivity index (χ1) is 19.4. The van der Waals surface area contributed by atoms with Crippen LogP contribution in [0.3, 0.4) is 0 Å². The number of amides is 1. The maximum Gasteiger partial charge on any atom is 0.317 e. The number of rotatable bonds is 6. The largest absolute Gasteiger partial charge is 0.457 e. The number of sulfonamides is 1. The monoisotopic (exact) mass is 582 g/mol. The van der Waals surface area contributed by atoms with Gasteiger partial charge < -0.3 is 20.3 Å². The summed E-state index contributed by atoms with van der Waals surface area (Å²) in [4.78, 5) is 24.8. The Bertz CT molecular complexity index is 1760. The topological polar surface area (TPSA) is 135 Å². The Labute approximate surface area is 236 Å². The average molecular weight is 583 g/mol. The van der Waals surface area contributed by atoms with Gasteiger partial charge in [-0.05, 0) is 38.1 Å². The maximum absolute atomic E-state index is 14.7. The highest BCUT2D eigenvalue weighted by molar-refractivity contribution is 7.88. The van der Waals surface area contributed by atoms with E-state index in [-0.39, 0.29) is 48.0 Å². The first-order valence-corrected chi connectivity index (χ1v) is 15.2. The number of ether oxygens (including phenoxy) is 1. The highest BCUT2D eigenvalue weighted by Crippen LogP contribution is 2.32. The van der Waals surface area contributed by atoms with Crippen LogP contribution in [-0.4, -0.2) is 89.0 Å². The summed E-state index contributed by atoms with van der Waals surface area (Å²) in [6, 6.07) is 7.05. The van der Waals surface area contributed by atoms with Crippen molar-refractivity contribution in [3.8, 4) is 6.01 Å². The second kappa shape index (κ2) is 10.2. The molecule has 4 heterocycles. The Kier molecular flexibility index (Phi) is 6.78. The fourth-order valence-electron chi connectivity index (χ4n) is 5.51. The lowest BCUT2D eigenvalue weighted by Crippen LogP contribution is -2.55. The first kappa shape index (κ1) is 27.3. The van der Waals surface area contributed by atoms with Gasteiger partial charge in [-0.25, -0.2) is 17.8 Å². The van der Waals surface area contributed by atoms with E-state index in [9.17, 15) is 17.6 Å². The third-order valence-electron chi connectivity index (χ3n) is 7.34. The van der Waals surface area contributed by atoms with Crippen LogP contribution in [0.4, 0.5) is 15.8 Å². The number of benzene rings is 2. The molecule has 2 atom stereocenters. The summed E-state index contributed by atoms with van der Waals surface area (Å²) in [5, 5.41) is 11.7. The molecule has 12 nitrogen and oxygen atoms in total. The second-order valence-corrected chi connectivity index (χ2v) is 12.9. The number of aromatic nitrogens is 4. The highest BCUT2D eigenvalue weighted by Gasteiger charge is 2.35. The lowest BCUT2D eigenvalue weighted by atomic mass is 10.0. The van der Waals surface area contributed by atoms with Gasteiger partial charge >= 0.3 is 6.01 Å². The van der Waals surface area contributed by atoms with E-state index in [0.717, 1.165) is 25.0 Å². The van der Waals surface area contributed by atoms with Gasteiger partial charge in [0.25, 0.3) is 5.91 Å². The summed E-state index contributed by atoms with van der Waals surface area (Å²) in [6.07, 6.45) is 4.07. The Morgan fingerprint density at radius 2 is 1.85 bits per heavy atom. The number of fused-ring (bicyclic) bond motifs is 2. The molecule has 2 aromatic carbocycles. The zero-order valence-electron chi connectivity index (χ0n) is 23.1. The Balaban J connectivity index is 1.35. The summed E-state index contributed by atoms with van der Waals surface area (Å²) in [5.41, 5.74) is 2.05. The van der Waals surface area contributed by atoms with Crippen molar-refractivity contribution in [2.45, 2.75) is 32.0 Å². The highest BCUT2D eigenvalue weighted by atomic mass is 32.2. The molecule has 0 radical (unpaired) electrons. The molecule has 4 aromatic rings. The third-order valence-corrected chi connectivity index (χ3v) is 8.57. The van der Waals surface area contributed by atoms with Crippen LogP contribution in [-0.2, 0) is 17.1 Å². The minimum Gasteiger partial charge on any atom is -0.457 e. The molecule has 0 bridgehead atoms. The maximum atomic E-state index is 14.7. The van der Waals surface area contributed by atoms with Crippen molar-refractivity contribution < 1.29 is 22.3 Å². The van der Waals surface area contributed by atoms with Gasteiger partial charge in [-0.1, -0.05) is 0 Å². The molecule has 2 unspecified atom stereocenters. The summed E-state index contributed by atoms with van der Waals surface area (Å²) in [6.45, 7) is 6.16. The number of carbonyl (C=O) groups excluding carboxylic acids is 1. The molecule has 1 amide bonds. The van der Waals surface area contributed by atoms with E-state index in [1.165, 1.54) is 15.1 Å². The van der Waals surface area contributed by atoms with E-state index < -0.39 is 27.9 Å². The van der Waals surface area contributed by atoms with Crippen molar-refractivity contribution >= 4 is 49.1 Å². The van der Waals surface area contributed by atoms with Crippen LogP contribution in [0.1, 0.15) is 24.2 Å². The van der Waals surface area contributed by atoms with E-state index in [0.29, 0.717) is 16.3 Å². The summed E-state index contributed by atoms with van der Waals surface area (Å²) >= 11 is 0. The fourth-order valence-corrected chi connectivity index (χ4v) is 6.38. The molecule has 0 spiro atoms. The number of hydrogen-bond acceptors (Lipinski definition) is 9. The molecular formula is C27H31FN8O4S. The van der Waals surface area contributed by atoms with Gasteiger partial charge in [0.1, 0.15) is 11.6 Å². The second-order valence-electron chi connectivity index (χ2n) is 10.9. The van der Waals surface area contributed by atoms with Crippen LogP contribution >= 0.6 is 0 Å². The van der Waals surface area contributed by atoms with Crippen LogP contribution in [0.2, 0.25) is 0 Å². The molecule has 2 N–H and O–H groups in total. The zero-order valence-corrected chi connectivity index (χ0v) is 23.9. The summed E-state index contributed by atoms with van der Waals surface area (Å²) in [7, 11) is -1.60. The Morgan fingerprint density at radius 1 is 1.12 bits per heavy atom. The van der Waals surface area contributed by atoms with Gasteiger partial charge in [-0.2, -0.15) is 14.4 Å². The van der Waals surface area contributed by atoms with E-state index in [2.05, 4.69) is 44.4 Å². The zero-order chi connectivity index (χ0) is 29.1. The standard InChI is InChI=1S/C27H31FN8O4S/c1-15-10-35(11-16(2)30-15)23-6-5-20(26(37)31-18-7-17-12-34(3)33-24(17)22(28)8-18)25-21(23)9-29-27(32-25)40-19-13-36(14-19)41(4,38)39/h5-9,12,15-16,19,30H,10-11,13-14H2,1-4H3,(H,31,37). The SMILES string of the molecule is CC1CN(c2ccc(C(=O)Nc3cc(F)c4nn(C)cc4c3)c3nc(OC4CN(S(C)(=O)=O)C4)ncc23)CC(C)N1. The van der Waals surface area contributed by atoms with E-state index in [1.807, 2.05) is 6.07 Å². The van der Waals surface area contributed by atoms with Gasteiger partial charge in [-0.3, -0.25) is 9.48 Å². The number of piperazine rings is 1. The van der Waals surface area contributed by atoms with Gasteiger partial charge in [0.05, 0.1) is 30.4 Å². The summed E-state index contributed by atoms with van der Waals surface area (Å²) < 4.78 is 46.9. The van der Waals surface area contributed by atoms with Gasteiger partial charge in [0, 0.05) is 66.8 Å². The number of aryl methyl sites for hydroxylation is 1. The quantitative estimate of drug-likeness (QED) is 0.351. The normalized spacial score (nSPS) is 20.4. The molecule has 2 aliphatic heterocycles. The van der Waals surface area contributed by atoms with E-state index in [4.69, 9.17) is 4.74 Å². The van der Waals surface area contributed by atoms with E-state index in [1.54, 1.807) is 31.6 Å². The molecule has 2 saturated heterocycles. The van der Waals surface area contributed by atoms with Crippen LogP contribution in [0.15, 0.2) is 36.7 Å². The molecule has 2 fully saturated rings. The number of hydrogen-bond donors (Lipinski definition) is 2. The van der Waals surface area contributed by atoms with Crippen LogP contribution < -0.4 is 20.3 Å². The number of anilines is 2. The fraction of sp³-hybridized carbons (Fsp3) is 0.407. The van der Waals surface area contributed by atoms with Crippen molar-refractivity contribution in [2.75, 3.05) is 42.7 Å². The molecule has 2 aromatic heterocycles. The van der Waals surface area contributed by atoms with Crippen LogP contribution in [0.5, 0.6) is 6.01 Å². The van der Waals surface area contributed by atoms with Crippen molar-refractivity contribution in [1.82, 2.24) is 29.4 Å². The van der Waals surface area contributed by atoms with Crippen LogP contribution in [0.25, 0.3) is 21.8 Å². The first-order valence-electron chi connectivity index (χ1n) is 13.3.